The van der Waals surface area contributed by atoms with Crippen molar-refractivity contribution in [1.82, 2.24) is 10.2 Å². The van der Waals surface area contributed by atoms with Gasteiger partial charge in [-0.15, -0.1) is 13.2 Å². The van der Waals surface area contributed by atoms with Gasteiger partial charge >= 0.3 is 6.36 Å². The third-order valence-electron chi connectivity index (χ3n) is 4.84. The van der Waals surface area contributed by atoms with Crippen molar-refractivity contribution in [2.24, 2.45) is 0 Å². The van der Waals surface area contributed by atoms with Gasteiger partial charge in [0, 0.05) is 6.54 Å². The lowest BCUT2D eigenvalue weighted by atomic mass is 9.91. The van der Waals surface area contributed by atoms with Gasteiger partial charge in [-0.25, -0.2) is 0 Å². The monoisotopic (exact) mass is 356 g/mol. The van der Waals surface area contributed by atoms with E-state index in [1.54, 1.807) is 4.90 Å². The predicted octanol–water partition coefficient (Wildman–Crippen LogP) is 2.40. The summed E-state index contributed by atoms with van der Waals surface area (Å²) in [5, 5.41) is 2.84. The second kappa shape index (κ2) is 6.57. The van der Waals surface area contributed by atoms with Crippen LogP contribution in [0.5, 0.6) is 5.75 Å². The van der Waals surface area contributed by atoms with E-state index in [1.165, 1.54) is 24.3 Å². The highest BCUT2D eigenvalue weighted by Crippen LogP contribution is 2.36. The molecule has 0 unspecified atom stereocenters. The summed E-state index contributed by atoms with van der Waals surface area (Å²) in [4.78, 5) is 26.1. The van der Waals surface area contributed by atoms with Crippen LogP contribution in [0.25, 0.3) is 0 Å². The molecule has 1 heterocycles. The van der Waals surface area contributed by atoms with Crippen LogP contribution in [0.1, 0.15) is 31.2 Å². The topological polar surface area (TPSA) is 58.6 Å². The smallest absolute Gasteiger partial charge is 0.406 e. The Labute approximate surface area is 143 Å². The van der Waals surface area contributed by atoms with E-state index in [9.17, 15) is 22.8 Å². The van der Waals surface area contributed by atoms with Gasteiger partial charge in [-0.2, -0.15) is 0 Å². The number of benzene rings is 1. The molecule has 1 N–H and O–H groups in total. The fraction of sp³-hybridized carbons (Fsp3) is 0.529. The van der Waals surface area contributed by atoms with Gasteiger partial charge in [0.1, 0.15) is 12.3 Å². The highest BCUT2D eigenvalue weighted by atomic mass is 19.4. The summed E-state index contributed by atoms with van der Waals surface area (Å²) >= 11 is 0. The quantitative estimate of drug-likeness (QED) is 0.905. The number of amides is 2. The van der Waals surface area contributed by atoms with Crippen LogP contribution in [0.3, 0.4) is 0 Å². The van der Waals surface area contributed by atoms with Crippen molar-refractivity contribution in [3.63, 3.8) is 0 Å². The molecule has 3 rings (SSSR count). The zero-order chi connectivity index (χ0) is 18.1. The molecule has 25 heavy (non-hydrogen) atoms. The molecule has 0 atom stereocenters. The van der Waals surface area contributed by atoms with E-state index in [2.05, 4.69) is 10.1 Å². The molecule has 1 aliphatic carbocycles. The molecule has 1 aromatic carbocycles. The molecule has 1 aromatic rings. The van der Waals surface area contributed by atoms with Crippen molar-refractivity contribution < 1.29 is 27.5 Å². The van der Waals surface area contributed by atoms with E-state index in [-0.39, 0.29) is 36.1 Å². The van der Waals surface area contributed by atoms with Crippen LogP contribution in [-0.2, 0) is 16.0 Å². The molecular formula is C17H19F3N2O3. The fourth-order valence-electron chi connectivity index (χ4n) is 3.64. The molecule has 2 amide bonds. The number of carbonyl (C=O) groups is 2. The maximum atomic E-state index is 12.7. The number of rotatable bonds is 3. The van der Waals surface area contributed by atoms with Gasteiger partial charge in [0.2, 0.25) is 11.8 Å². The number of halogens is 3. The van der Waals surface area contributed by atoms with Gasteiger partial charge in [-0.3, -0.25) is 9.59 Å². The van der Waals surface area contributed by atoms with Gasteiger partial charge in [0.15, 0.2) is 0 Å². The van der Waals surface area contributed by atoms with Crippen molar-refractivity contribution in [2.45, 2.75) is 44.0 Å². The first kappa shape index (κ1) is 17.6. The Morgan fingerprint density at radius 1 is 1.20 bits per heavy atom. The lowest BCUT2D eigenvalue weighted by Crippen LogP contribution is -2.64. The van der Waals surface area contributed by atoms with Crippen molar-refractivity contribution in [1.29, 1.82) is 0 Å². The third-order valence-corrected chi connectivity index (χ3v) is 4.84. The van der Waals surface area contributed by atoms with Gasteiger partial charge in [-0.1, -0.05) is 25.0 Å². The first-order valence-corrected chi connectivity index (χ1v) is 8.19. The number of hydrogen-bond acceptors (Lipinski definition) is 3. The Bertz CT molecular complexity index is 652. The molecule has 5 nitrogen and oxygen atoms in total. The number of hydrogen-bond donors (Lipinski definition) is 1. The molecular weight excluding hydrogens is 337 g/mol. The summed E-state index contributed by atoms with van der Waals surface area (Å²) in [6.07, 6.45) is -0.949. The molecule has 1 saturated heterocycles. The summed E-state index contributed by atoms with van der Waals surface area (Å²) in [5.41, 5.74) is 0.267. The zero-order valence-corrected chi connectivity index (χ0v) is 13.6. The Kier molecular flexibility index (Phi) is 4.62. The van der Waals surface area contributed by atoms with Crippen LogP contribution in [-0.4, -0.2) is 41.7 Å². The maximum absolute atomic E-state index is 12.7. The minimum atomic E-state index is -4.74. The van der Waals surface area contributed by atoms with E-state index in [0.29, 0.717) is 12.1 Å². The molecule has 1 aliphatic heterocycles. The molecule has 0 bridgehead atoms. The highest BCUT2D eigenvalue weighted by molar-refractivity contribution is 5.88. The van der Waals surface area contributed by atoms with Crippen LogP contribution in [0, 0.1) is 0 Å². The van der Waals surface area contributed by atoms with Gasteiger partial charge in [0.25, 0.3) is 0 Å². The zero-order valence-electron chi connectivity index (χ0n) is 13.6. The lowest BCUT2D eigenvalue weighted by Gasteiger charge is -2.44. The van der Waals surface area contributed by atoms with E-state index in [4.69, 9.17) is 0 Å². The molecule has 2 aliphatic rings. The number of nitrogens with zero attached hydrogens (tertiary/aromatic N) is 1. The normalized spacial score (nSPS) is 19.8. The molecule has 0 aromatic heterocycles. The lowest BCUT2D eigenvalue weighted by molar-refractivity contribution is -0.274. The summed E-state index contributed by atoms with van der Waals surface area (Å²) in [7, 11) is 0. The number of carbonyl (C=O) groups excluding carboxylic acids is 2. The second-order valence-corrected chi connectivity index (χ2v) is 6.56. The van der Waals surface area contributed by atoms with E-state index >= 15 is 0 Å². The summed E-state index contributed by atoms with van der Waals surface area (Å²) in [6.45, 7) is 0.504. The fourth-order valence-corrected chi connectivity index (χ4v) is 3.64. The number of alkyl halides is 3. The van der Waals surface area contributed by atoms with E-state index in [0.717, 1.165) is 25.7 Å². The molecule has 136 valence electrons. The minimum Gasteiger partial charge on any atom is -0.406 e. The highest BCUT2D eigenvalue weighted by Gasteiger charge is 2.45. The maximum Gasteiger partial charge on any atom is 0.573 e. The summed E-state index contributed by atoms with van der Waals surface area (Å²) in [5.74, 6) is -0.686. The molecule has 0 radical (unpaired) electrons. The van der Waals surface area contributed by atoms with E-state index < -0.39 is 6.36 Å². The van der Waals surface area contributed by atoms with Crippen molar-refractivity contribution in [2.75, 3.05) is 13.1 Å². The SMILES string of the molecule is O=C1CN(C(=O)Cc2ccc(OC(F)(F)F)cc2)C2(CCCC2)CN1. The van der Waals surface area contributed by atoms with Gasteiger partial charge in [0.05, 0.1) is 12.0 Å². The largest absolute Gasteiger partial charge is 0.573 e. The summed E-state index contributed by atoms with van der Waals surface area (Å²) in [6, 6.07) is 5.24. The Hall–Kier alpha value is -2.25. The van der Waals surface area contributed by atoms with Gasteiger partial charge < -0.3 is 15.0 Å². The average molecular weight is 356 g/mol. The molecule has 2 fully saturated rings. The van der Waals surface area contributed by atoms with Crippen LogP contribution < -0.4 is 10.1 Å². The van der Waals surface area contributed by atoms with E-state index in [1.807, 2.05) is 0 Å². The molecule has 1 spiro atoms. The third kappa shape index (κ3) is 4.05. The Balaban J connectivity index is 1.69. The minimum absolute atomic E-state index is 0.0358. The molecule has 8 heteroatoms. The van der Waals surface area contributed by atoms with Crippen molar-refractivity contribution in [3.05, 3.63) is 29.8 Å². The predicted molar refractivity (Wildman–Crippen MR) is 82.8 cm³/mol. The van der Waals surface area contributed by atoms with Gasteiger partial charge in [-0.05, 0) is 30.5 Å². The average Bonchev–Trinajstić information content (AvgIpc) is 3.00. The van der Waals surface area contributed by atoms with Crippen LogP contribution in [0.2, 0.25) is 0 Å². The number of nitrogens with one attached hydrogen (secondary N) is 1. The molecule has 1 saturated carbocycles. The first-order chi connectivity index (χ1) is 11.8. The second-order valence-electron chi connectivity index (χ2n) is 6.56. The number of piperazine rings is 1. The Morgan fingerprint density at radius 3 is 2.44 bits per heavy atom. The Morgan fingerprint density at radius 2 is 1.84 bits per heavy atom. The van der Waals surface area contributed by atoms with Crippen molar-refractivity contribution >= 4 is 11.8 Å². The van der Waals surface area contributed by atoms with Crippen LogP contribution in [0.15, 0.2) is 24.3 Å². The standard InChI is InChI=1S/C17H19F3N2O3/c18-17(19,20)25-13-5-3-12(4-6-13)9-15(24)22-10-14(23)21-11-16(22)7-1-2-8-16/h3-6H,1-2,7-11H2,(H,21,23). The van der Waals surface area contributed by atoms with Crippen molar-refractivity contribution in [3.8, 4) is 5.75 Å². The van der Waals surface area contributed by atoms with Crippen LogP contribution in [0.4, 0.5) is 13.2 Å². The summed E-state index contributed by atoms with van der Waals surface area (Å²) < 4.78 is 40.4. The number of ether oxygens (including phenoxy) is 1. The van der Waals surface area contributed by atoms with Crippen LogP contribution >= 0.6 is 0 Å². The first-order valence-electron chi connectivity index (χ1n) is 8.19.